The molecule has 1 aromatic carbocycles. The van der Waals surface area contributed by atoms with E-state index in [0.717, 1.165) is 49.4 Å². The van der Waals surface area contributed by atoms with E-state index in [-0.39, 0.29) is 5.82 Å². The van der Waals surface area contributed by atoms with Gasteiger partial charge < -0.3 is 10.3 Å². The van der Waals surface area contributed by atoms with E-state index in [9.17, 15) is 4.39 Å². The van der Waals surface area contributed by atoms with Gasteiger partial charge in [0.2, 0.25) is 0 Å². The highest BCUT2D eigenvalue weighted by atomic mass is 19.1. The number of halogens is 1. The zero-order valence-electron chi connectivity index (χ0n) is 11.8. The van der Waals surface area contributed by atoms with Crippen molar-refractivity contribution < 1.29 is 19.5 Å². The van der Waals surface area contributed by atoms with Crippen molar-refractivity contribution in [3.63, 3.8) is 0 Å². The van der Waals surface area contributed by atoms with E-state index in [2.05, 4.69) is 5.16 Å². The molecule has 1 aliphatic carbocycles. The second kappa shape index (κ2) is 7.62. The Hall–Kier alpha value is -1.91. The first-order valence-electron chi connectivity index (χ1n) is 6.59. The average Bonchev–Trinajstić information content (AvgIpc) is 2.41. The van der Waals surface area contributed by atoms with Crippen molar-refractivity contribution >= 4 is 11.7 Å². The highest BCUT2D eigenvalue weighted by Crippen LogP contribution is 2.33. The molecular weight excluding hydrogens is 261 g/mol. The van der Waals surface area contributed by atoms with E-state index in [1.54, 1.807) is 6.07 Å². The molecule has 0 bridgehead atoms. The fourth-order valence-electron chi connectivity index (χ4n) is 2.41. The predicted molar refractivity (Wildman–Crippen MR) is 74.9 cm³/mol. The largest absolute Gasteiger partial charge is 0.481 e. The lowest BCUT2D eigenvalue weighted by Crippen LogP contribution is -2.13. The van der Waals surface area contributed by atoms with Crippen LogP contribution in [-0.4, -0.2) is 22.0 Å². The van der Waals surface area contributed by atoms with Crippen LogP contribution in [0.2, 0.25) is 0 Å². The fraction of sp³-hybridized carbons (Fsp3) is 0.467. The van der Waals surface area contributed by atoms with Crippen LogP contribution < -0.4 is 0 Å². The highest BCUT2D eigenvalue weighted by molar-refractivity contribution is 5.84. The molecule has 0 heterocycles. The number of carbonyl (C=O) groups is 1. The fourth-order valence-corrected chi connectivity index (χ4v) is 2.41. The molecule has 2 N–H and O–H groups in total. The van der Waals surface area contributed by atoms with Crippen LogP contribution in [0.3, 0.4) is 0 Å². The van der Waals surface area contributed by atoms with Gasteiger partial charge in [-0.2, -0.15) is 0 Å². The average molecular weight is 281 g/mol. The molecule has 1 aromatic rings. The van der Waals surface area contributed by atoms with Gasteiger partial charge in [-0.15, -0.1) is 0 Å². The molecule has 0 saturated heterocycles. The monoisotopic (exact) mass is 281 g/mol. The van der Waals surface area contributed by atoms with Crippen molar-refractivity contribution in [2.24, 2.45) is 5.16 Å². The molecule has 0 radical (unpaired) electrons. The van der Waals surface area contributed by atoms with Crippen molar-refractivity contribution in [3.05, 3.63) is 35.1 Å². The third-order valence-corrected chi connectivity index (χ3v) is 3.39. The normalized spacial score (nSPS) is 17.9. The smallest absolute Gasteiger partial charge is 0.300 e. The molecular formula is C15H20FNO3. The summed E-state index contributed by atoms with van der Waals surface area (Å²) in [6.45, 7) is 3.10. The zero-order valence-corrected chi connectivity index (χ0v) is 11.8. The Balaban J connectivity index is 0.000000444. The summed E-state index contributed by atoms with van der Waals surface area (Å²) >= 11 is 0. The van der Waals surface area contributed by atoms with Crippen molar-refractivity contribution in [1.82, 2.24) is 0 Å². The molecule has 20 heavy (non-hydrogen) atoms. The van der Waals surface area contributed by atoms with Gasteiger partial charge in [-0.05, 0) is 61.8 Å². The molecule has 1 saturated carbocycles. The summed E-state index contributed by atoms with van der Waals surface area (Å²) in [6.07, 6.45) is 3.53. The summed E-state index contributed by atoms with van der Waals surface area (Å²) in [5, 5.41) is 19.3. The summed E-state index contributed by atoms with van der Waals surface area (Å²) in [5.41, 5.74) is 3.12. The number of rotatable bonds is 1. The van der Waals surface area contributed by atoms with Gasteiger partial charge in [0, 0.05) is 6.92 Å². The quantitative estimate of drug-likeness (QED) is 0.609. The Kier molecular flexibility index (Phi) is 6.15. The molecule has 110 valence electrons. The van der Waals surface area contributed by atoms with Gasteiger partial charge in [-0.25, -0.2) is 4.39 Å². The van der Waals surface area contributed by atoms with Gasteiger partial charge in [-0.3, -0.25) is 4.79 Å². The van der Waals surface area contributed by atoms with E-state index < -0.39 is 5.97 Å². The van der Waals surface area contributed by atoms with E-state index in [1.807, 2.05) is 13.0 Å². The lowest BCUT2D eigenvalue weighted by molar-refractivity contribution is -0.134. The number of benzene rings is 1. The van der Waals surface area contributed by atoms with E-state index in [0.29, 0.717) is 5.92 Å². The van der Waals surface area contributed by atoms with Crippen LogP contribution in [0.5, 0.6) is 0 Å². The number of hydrogen-bond acceptors (Lipinski definition) is 3. The van der Waals surface area contributed by atoms with Gasteiger partial charge in [0.15, 0.2) is 0 Å². The number of nitrogens with zero attached hydrogens (tertiary/aromatic N) is 1. The van der Waals surface area contributed by atoms with Gasteiger partial charge in [0.25, 0.3) is 5.97 Å². The second-order valence-electron chi connectivity index (χ2n) is 4.96. The Morgan fingerprint density at radius 2 is 1.90 bits per heavy atom. The Labute approximate surface area is 117 Å². The number of oxime groups is 1. The molecule has 0 unspecified atom stereocenters. The molecule has 0 aliphatic heterocycles. The van der Waals surface area contributed by atoms with Gasteiger partial charge >= 0.3 is 0 Å². The van der Waals surface area contributed by atoms with Crippen LogP contribution >= 0.6 is 0 Å². The highest BCUT2D eigenvalue weighted by Gasteiger charge is 2.21. The van der Waals surface area contributed by atoms with Crippen molar-refractivity contribution in [2.75, 3.05) is 0 Å². The Morgan fingerprint density at radius 3 is 2.40 bits per heavy atom. The van der Waals surface area contributed by atoms with E-state index in [1.165, 1.54) is 6.07 Å². The van der Waals surface area contributed by atoms with Gasteiger partial charge in [0.1, 0.15) is 5.82 Å². The third-order valence-electron chi connectivity index (χ3n) is 3.39. The summed E-state index contributed by atoms with van der Waals surface area (Å²) in [7, 11) is 0. The first kappa shape index (κ1) is 16.1. The number of carboxylic acids is 1. The molecule has 0 atom stereocenters. The molecule has 0 spiro atoms. The van der Waals surface area contributed by atoms with Gasteiger partial charge in [-0.1, -0.05) is 11.2 Å². The van der Waals surface area contributed by atoms with Crippen molar-refractivity contribution in [1.29, 1.82) is 0 Å². The molecule has 1 fully saturated rings. The first-order valence-corrected chi connectivity index (χ1v) is 6.59. The molecule has 1 aliphatic rings. The van der Waals surface area contributed by atoms with Crippen LogP contribution in [0.1, 0.15) is 49.7 Å². The maximum absolute atomic E-state index is 13.2. The minimum Gasteiger partial charge on any atom is -0.481 e. The number of hydrogen-bond donors (Lipinski definition) is 2. The number of aryl methyl sites for hydroxylation is 1. The van der Waals surface area contributed by atoms with Crippen LogP contribution in [-0.2, 0) is 4.79 Å². The maximum atomic E-state index is 13.2. The summed E-state index contributed by atoms with van der Waals surface area (Å²) in [5.74, 6) is -0.594. The van der Waals surface area contributed by atoms with E-state index in [4.69, 9.17) is 15.1 Å². The lowest BCUT2D eigenvalue weighted by Gasteiger charge is -2.24. The molecule has 4 nitrogen and oxygen atoms in total. The molecule has 5 heteroatoms. The maximum Gasteiger partial charge on any atom is 0.300 e. The zero-order chi connectivity index (χ0) is 15.1. The van der Waals surface area contributed by atoms with Crippen LogP contribution in [0.4, 0.5) is 4.39 Å². The van der Waals surface area contributed by atoms with Crippen molar-refractivity contribution in [3.8, 4) is 0 Å². The standard InChI is InChI=1S/C13H16FNO.C2H4O2/c1-9-2-5-11(14)8-13(9)10-3-6-12(15-16)7-4-10;1-2(3)4/h2,5,8,10,16H,3-4,6-7H2,1H3;1H3,(H,3,4). The lowest BCUT2D eigenvalue weighted by atomic mass is 9.81. The summed E-state index contributed by atoms with van der Waals surface area (Å²) < 4.78 is 13.2. The number of carboxylic acid groups (broad SMARTS) is 1. The second-order valence-corrected chi connectivity index (χ2v) is 4.96. The summed E-state index contributed by atoms with van der Waals surface area (Å²) in [4.78, 5) is 9.00. The van der Waals surface area contributed by atoms with Crippen LogP contribution in [0, 0.1) is 12.7 Å². The third kappa shape index (κ3) is 4.99. The van der Waals surface area contributed by atoms with Crippen LogP contribution in [0.15, 0.2) is 23.4 Å². The van der Waals surface area contributed by atoms with Gasteiger partial charge in [0.05, 0.1) is 5.71 Å². The molecule has 0 aromatic heterocycles. The predicted octanol–water partition coefficient (Wildman–Crippen LogP) is 3.71. The SMILES string of the molecule is CC(=O)O.Cc1ccc(F)cc1C1CCC(=NO)CC1. The Morgan fingerprint density at radius 1 is 1.35 bits per heavy atom. The van der Waals surface area contributed by atoms with Crippen molar-refractivity contribution in [2.45, 2.75) is 45.4 Å². The number of aliphatic carboxylic acids is 1. The summed E-state index contributed by atoms with van der Waals surface area (Å²) in [6, 6.07) is 4.98. The first-order chi connectivity index (χ1) is 9.43. The Bertz CT molecular complexity index is 486. The topological polar surface area (TPSA) is 69.9 Å². The molecule has 2 rings (SSSR count). The minimum atomic E-state index is -0.833. The molecule has 0 amide bonds. The minimum absolute atomic E-state index is 0.165. The van der Waals surface area contributed by atoms with E-state index >= 15 is 0 Å². The van der Waals surface area contributed by atoms with Crippen LogP contribution in [0.25, 0.3) is 0 Å².